The van der Waals surface area contributed by atoms with Gasteiger partial charge in [0.15, 0.2) is 27.2 Å². The van der Waals surface area contributed by atoms with Crippen molar-refractivity contribution in [2.45, 2.75) is 6.54 Å². The van der Waals surface area contributed by atoms with Crippen molar-refractivity contribution >= 4 is 9.84 Å². The third-order valence-electron chi connectivity index (χ3n) is 2.92. The van der Waals surface area contributed by atoms with Gasteiger partial charge in [0.2, 0.25) is 0 Å². The molecule has 0 spiro atoms. The minimum Gasteiger partial charge on any atom is -0.503 e. The molecule has 7 heteroatoms. The van der Waals surface area contributed by atoms with Crippen LogP contribution in [0.15, 0.2) is 12.1 Å². The maximum Gasteiger partial charge on any atom is 0.187 e. The summed E-state index contributed by atoms with van der Waals surface area (Å²) in [6.45, 7) is 0.975. The zero-order valence-electron chi connectivity index (χ0n) is 9.57. The summed E-state index contributed by atoms with van der Waals surface area (Å²) in [6, 6.07) is 2.11. The van der Waals surface area contributed by atoms with Gasteiger partial charge in [0.25, 0.3) is 0 Å². The highest BCUT2D eigenvalue weighted by Gasteiger charge is 2.22. The van der Waals surface area contributed by atoms with Gasteiger partial charge in [0, 0.05) is 19.6 Å². The van der Waals surface area contributed by atoms with Crippen molar-refractivity contribution in [3.8, 4) is 5.75 Å². The average Bonchev–Trinajstić information content (AvgIpc) is 2.29. The van der Waals surface area contributed by atoms with E-state index in [1.54, 1.807) is 0 Å². The van der Waals surface area contributed by atoms with E-state index in [0.29, 0.717) is 18.7 Å². The summed E-state index contributed by atoms with van der Waals surface area (Å²) in [5, 5.41) is 8.96. The summed E-state index contributed by atoms with van der Waals surface area (Å²) in [7, 11) is -2.96. The molecule has 0 amide bonds. The van der Waals surface area contributed by atoms with E-state index in [9.17, 15) is 17.2 Å². The summed E-state index contributed by atoms with van der Waals surface area (Å²) in [5.74, 6) is -2.87. The van der Waals surface area contributed by atoms with Crippen molar-refractivity contribution in [1.82, 2.24) is 4.90 Å². The van der Waals surface area contributed by atoms with Crippen molar-refractivity contribution < 1.29 is 22.3 Å². The number of hydrogen-bond donors (Lipinski definition) is 1. The number of aromatic hydroxyl groups is 1. The van der Waals surface area contributed by atoms with Crippen molar-refractivity contribution in [2.75, 3.05) is 24.6 Å². The Balaban J connectivity index is 2.07. The predicted octanol–water partition coefficient (Wildman–Crippen LogP) is 0.901. The highest BCUT2D eigenvalue weighted by atomic mass is 32.2. The molecule has 0 bridgehead atoms. The van der Waals surface area contributed by atoms with E-state index >= 15 is 0 Å². The Morgan fingerprint density at radius 1 is 1.17 bits per heavy atom. The van der Waals surface area contributed by atoms with Crippen LogP contribution in [0.3, 0.4) is 0 Å². The molecule has 1 aromatic carbocycles. The van der Waals surface area contributed by atoms with Crippen LogP contribution in [0.5, 0.6) is 5.75 Å². The molecule has 0 aliphatic carbocycles. The fourth-order valence-electron chi connectivity index (χ4n) is 1.88. The molecule has 0 atom stereocenters. The van der Waals surface area contributed by atoms with Gasteiger partial charge in [0.05, 0.1) is 11.5 Å². The summed E-state index contributed by atoms with van der Waals surface area (Å²) in [6.07, 6.45) is 0. The number of sulfone groups is 1. The molecule has 100 valence electrons. The second kappa shape index (κ2) is 4.81. The molecule has 1 fully saturated rings. The van der Waals surface area contributed by atoms with Gasteiger partial charge in [-0.05, 0) is 17.7 Å². The van der Waals surface area contributed by atoms with E-state index in [2.05, 4.69) is 0 Å². The fraction of sp³-hybridized carbons (Fsp3) is 0.455. The predicted molar refractivity (Wildman–Crippen MR) is 62.0 cm³/mol. The first kappa shape index (κ1) is 13.2. The molecule has 2 rings (SSSR count). The van der Waals surface area contributed by atoms with Crippen LogP contribution >= 0.6 is 0 Å². The van der Waals surface area contributed by atoms with E-state index in [0.717, 1.165) is 12.1 Å². The van der Waals surface area contributed by atoms with Crippen molar-refractivity contribution in [1.29, 1.82) is 0 Å². The highest BCUT2D eigenvalue weighted by Crippen LogP contribution is 2.22. The molecule has 1 saturated heterocycles. The third-order valence-corrected chi connectivity index (χ3v) is 4.53. The van der Waals surface area contributed by atoms with Crippen LogP contribution in [0.1, 0.15) is 5.56 Å². The molecule has 0 aromatic heterocycles. The molecule has 0 unspecified atom stereocenters. The first-order valence-electron chi connectivity index (χ1n) is 5.47. The van der Waals surface area contributed by atoms with Crippen molar-refractivity contribution in [3.63, 3.8) is 0 Å². The summed E-state index contributed by atoms with van der Waals surface area (Å²) >= 11 is 0. The molecule has 18 heavy (non-hydrogen) atoms. The molecule has 0 radical (unpaired) electrons. The number of nitrogens with zero attached hydrogens (tertiary/aromatic N) is 1. The Bertz CT molecular complexity index is 522. The zero-order chi connectivity index (χ0) is 13.3. The maximum atomic E-state index is 13.1. The quantitative estimate of drug-likeness (QED) is 0.872. The van der Waals surface area contributed by atoms with Crippen LogP contribution in [0.25, 0.3) is 0 Å². The number of benzene rings is 1. The number of phenolic OH excluding ortho intramolecular Hbond substituents is 1. The Morgan fingerprint density at radius 3 is 2.17 bits per heavy atom. The van der Waals surface area contributed by atoms with Crippen molar-refractivity contribution in [3.05, 3.63) is 29.3 Å². The normalized spacial score (nSPS) is 19.9. The molecule has 4 nitrogen and oxygen atoms in total. The highest BCUT2D eigenvalue weighted by molar-refractivity contribution is 7.91. The largest absolute Gasteiger partial charge is 0.503 e. The van der Waals surface area contributed by atoms with Crippen LogP contribution in [0, 0.1) is 11.6 Å². The standard InChI is InChI=1S/C11H13F2NO3S/c12-9-5-8(6-10(13)11(9)15)7-14-1-3-18(16,17)4-2-14/h5-6,15H,1-4,7H2. The molecule has 1 aliphatic heterocycles. The number of halogens is 2. The molecular weight excluding hydrogens is 264 g/mol. The molecule has 1 heterocycles. The van der Waals surface area contributed by atoms with Gasteiger partial charge in [0.1, 0.15) is 0 Å². The molecule has 0 saturated carbocycles. The molecule has 1 aromatic rings. The van der Waals surface area contributed by atoms with E-state index in [4.69, 9.17) is 5.11 Å². The van der Waals surface area contributed by atoms with Gasteiger partial charge >= 0.3 is 0 Å². The maximum absolute atomic E-state index is 13.1. The topological polar surface area (TPSA) is 57.6 Å². The smallest absolute Gasteiger partial charge is 0.187 e. The Hall–Kier alpha value is -1.21. The average molecular weight is 277 g/mol. The SMILES string of the molecule is O=S1(=O)CCN(Cc2cc(F)c(O)c(F)c2)CC1. The number of hydrogen-bond acceptors (Lipinski definition) is 4. The summed E-state index contributed by atoms with van der Waals surface area (Å²) < 4.78 is 48.7. The third kappa shape index (κ3) is 2.97. The minimum absolute atomic E-state index is 0.0655. The van der Waals surface area contributed by atoms with Gasteiger partial charge in [-0.3, -0.25) is 4.90 Å². The van der Waals surface area contributed by atoms with E-state index in [1.807, 2.05) is 4.90 Å². The zero-order valence-corrected chi connectivity index (χ0v) is 10.4. The van der Waals surface area contributed by atoms with Gasteiger partial charge in [-0.15, -0.1) is 0 Å². The monoisotopic (exact) mass is 277 g/mol. The lowest BCUT2D eigenvalue weighted by molar-refractivity contribution is 0.286. The van der Waals surface area contributed by atoms with Gasteiger partial charge in [-0.2, -0.15) is 0 Å². The molecule has 1 aliphatic rings. The lowest BCUT2D eigenvalue weighted by Crippen LogP contribution is -2.39. The lowest BCUT2D eigenvalue weighted by Gasteiger charge is -2.26. The summed E-state index contributed by atoms with van der Waals surface area (Å²) in [5.41, 5.74) is 0.377. The second-order valence-corrected chi connectivity index (χ2v) is 6.64. The van der Waals surface area contributed by atoms with E-state index in [-0.39, 0.29) is 18.1 Å². The summed E-state index contributed by atoms with van der Waals surface area (Å²) in [4.78, 5) is 1.81. The van der Waals surface area contributed by atoms with Gasteiger partial charge in [-0.25, -0.2) is 17.2 Å². The van der Waals surface area contributed by atoms with E-state index in [1.165, 1.54) is 0 Å². The van der Waals surface area contributed by atoms with Crippen LogP contribution < -0.4 is 0 Å². The molecular formula is C11H13F2NO3S. The number of phenols is 1. The first-order valence-corrected chi connectivity index (χ1v) is 7.29. The Kier molecular flexibility index (Phi) is 3.54. The van der Waals surface area contributed by atoms with Crippen LogP contribution in [0.2, 0.25) is 0 Å². The Morgan fingerprint density at radius 2 is 1.67 bits per heavy atom. The van der Waals surface area contributed by atoms with E-state index < -0.39 is 27.2 Å². The second-order valence-electron chi connectivity index (χ2n) is 4.34. The Labute approximate surface area is 104 Å². The van der Waals surface area contributed by atoms with Crippen molar-refractivity contribution in [2.24, 2.45) is 0 Å². The van der Waals surface area contributed by atoms with Crippen LogP contribution in [-0.2, 0) is 16.4 Å². The van der Waals surface area contributed by atoms with Crippen LogP contribution in [-0.4, -0.2) is 43.0 Å². The lowest BCUT2D eigenvalue weighted by atomic mass is 10.2. The minimum atomic E-state index is -2.96. The first-order chi connectivity index (χ1) is 8.37. The van der Waals surface area contributed by atoms with Crippen LogP contribution in [0.4, 0.5) is 8.78 Å². The fourth-order valence-corrected chi connectivity index (χ4v) is 3.15. The molecule has 1 N–H and O–H groups in total. The number of rotatable bonds is 2. The van der Waals surface area contributed by atoms with Gasteiger partial charge in [-0.1, -0.05) is 0 Å². The van der Waals surface area contributed by atoms with Gasteiger partial charge < -0.3 is 5.11 Å².